The number of nitrogens with one attached hydrogen (secondary N) is 1. The van der Waals surface area contributed by atoms with Gasteiger partial charge in [0.2, 0.25) is 5.91 Å². The molecule has 0 radical (unpaired) electrons. The van der Waals surface area contributed by atoms with Crippen molar-refractivity contribution in [2.75, 3.05) is 18.4 Å². The molecule has 3 nitrogen and oxygen atoms in total. The average Bonchev–Trinajstić information content (AvgIpc) is 3.05. The second-order valence-corrected chi connectivity index (χ2v) is 6.44. The van der Waals surface area contributed by atoms with E-state index in [2.05, 4.69) is 10.2 Å². The van der Waals surface area contributed by atoms with E-state index in [4.69, 9.17) is 11.6 Å². The molecule has 1 saturated heterocycles. The standard InChI is InChI=1S/C19H21ClN2O/c1-14-9-10-17(16(20)13-14)21-19(23)18(22-11-5-6-12-22)15-7-3-2-4-8-15/h2-4,7-10,13,18H,5-6,11-12H2,1H3,(H,21,23). The highest BCUT2D eigenvalue weighted by atomic mass is 35.5. The number of halogens is 1. The van der Waals surface area contributed by atoms with Gasteiger partial charge in [0.15, 0.2) is 0 Å². The van der Waals surface area contributed by atoms with Gasteiger partial charge in [-0.3, -0.25) is 9.69 Å². The van der Waals surface area contributed by atoms with Gasteiger partial charge in [0, 0.05) is 0 Å². The predicted octanol–water partition coefficient (Wildman–Crippen LogP) is 4.42. The Morgan fingerprint density at radius 3 is 2.48 bits per heavy atom. The number of likely N-dealkylation sites (tertiary alicyclic amines) is 1. The maximum atomic E-state index is 12.9. The molecule has 23 heavy (non-hydrogen) atoms. The van der Waals surface area contributed by atoms with Gasteiger partial charge in [-0.1, -0.05) is 48.0 Å². The minimum Gasteiger partial charge on any atom is -0.323 e. The number of anilines is 1. The van der Waals surface area contributed by atoms with E-state index in [0.29, 0.717) is 10.7 Å². The van der Waals surface area contributed by atoms with Crippen LogP contribution in [0.3, 0.4) is 0 Å². The van der Waals surface area contributed by atoms with E-state index in [1.165, 1.54) is 0 Å². The maximum Gasteiger partial charge on any atom is 0.246 e. The van der Waals surface area contributed by atoms with Gasteiger partial charge < -0.3 is 5.32 Å². The van der Waals surface area contributed by atoms with Crippen molar-refractivity contribution in [1.82, 2.24) is 4.90 Å². The molecule has 1 fully saturated rings. The Morgan fingerprint density at radius 2 is 1.83 bits per heavy atom. The first-order valence-electron chi connectivity index (χ1n) is 8.01. The third-order valence-electron chi connectivity index (χ3n) is 4.25. The van der Waals surface area contributed by atoms with Crippen LogP contribution in [0.15, 0.2) is 48.5 Å². The lowest BCUT2D eigenvalue weighted by Gasteiger charge is -2.27. The van der Waals surface area contributed by atoms with Crippen LogP contribution < -0.4 is 5.32 Å². The molecule has 1 unspecified atom stereocenters. The van der Waals surface area contributed by atoms with Crippen molar-refractivity contribution in [2.45, 2.75) is 25.8 Å². The fourth-order valence-corrected chi connectivity index (χ4v) is 3.37. The van der Waals surface area contributed by atoms with Crippen LogP contribution in [-0.4, -0.2) is 23.9 Å². The number of nitrogens with zero attached hydrogens (tertiary/aromatic N) is 1. The number of benzene rings is 2. The number of carbonyl (C=O) groups is 1. The molecular weight excluding hydrogens is 308 g/mol. The van der Waals surface area contributed by atoms with E-state index in [-0.39, 0.29) is 11.9 Å². The topological polar surface area (TPSA) is 32.3 Å². The number of carbonyl (C=O) groups excluding carboxylic acids is 1. The lowest BCUT2D eigenvalue weighted by Crippen LogP contribution is -2.35. The van der Waals surface area contributed by atoms with Crippen LogP contribution >= 0.6 is 11.6 Å². The molecule has 0 bridgehead atoms. The Hall–Kier alpha value is -1.84. The summed E-state index contributed by atoms with van der Waals surface area (Å²) in [6.07, 6.45) is 2.28. The first kappa shape index (κ1) is 16.0. The van der Waals surface area contributed by atoms with Crippen molar-refractivity contribution in [3.8, 4) is 0 Å². The summed E-state index contributed by atoms with van der Waals surface area (Å²) < 4.78 is 0. The van der Waals surface area contributed by atoms with Gasteiger partial charge in [-0.2, -0.15) is 0 Å². The second kappa shape index (κ2) is 7.16. The Balaban J connectivity index is 1.85. The summed E-state index contributed by atoms with van der Waals surface area (Å²) in [6.45, 7) is 3.89. The predicted molar refractivity (Wildman–Crippen MR) is 94.8 cm³/mol. The highest BCUT2D eigenvalue weighted by Crippen LogP contribution is 2.29. The molecule has 0 saturated carbocycles. The van der Waals surface area contributed by atoms with Crippen molar-refractivity contribution in [3.63, 3.8) is 0 Å². The quantitative estimate of drug-likeness (QED) is 0.900. The largest absolute Gasteiger partial charge is 0.323 e. The fraction of sp³-hybridized carbons (Fsp3) is 0.316. The SMILES string of the molecule is Cc1ccc(NC(=O)C(c2ccccc2)N2CCCC2)c(Cl)c1. The van der Waals surface area contributed by atoms with Crippen LogP contribution in [0.2, 0.25) is 5.02 Å². The minimum absolute atomic E-state index is 0.0242. The summed E-state index contributed by atoms with van der Waals surface area (Å²) in [5.41, 5.74) is 2.77. The molecule has 2 aromatic rings. The van der Waals surface area contributed by atoms with Crippen LogP contribution in [0.25, 0.3) is 0 Å². The van der Waals surface area contributed by atoms with Crippen molar-refractivity contribution >= 4 is 23.2 Å². The third kappa shape index (κ3) is 3.74. The second-order valence-electron chi connectivity index (χ2n) is 6.03. The molecule has 1 atom stereocenters. The Bertz CT molecular complexity index is 681. The van der Waals surface area contributed by atoms with Crippen LogP contribution in [0, 0.1) is 6.92 Å². The van der Waals surface area contributed by atoms with Crippen LogP contribution in [-0.2, 0) is 4.79 Å². The smallest absolute Gasteiger partial charge is 0.246 e. The zero-order valence-corrected chi connectivity index (χ0v) is 14.0. The maximum absolute atomic E-state index is 12.9. The third-order valence-corrected chi connectivity index (χ3v) is 4.56. The monoisotopic (exact) mass is 328 g/mol. The lowest BCUT2D eigenvalue weighted by atomic mass is 10.0. The summed E-state index contributed by atoms with van der Waals surface area (Å²) in [7, 11) is 0. The van der Waals surface area contributed by atoms with Gasteiger partial charge in [-0.05, 0) is 56.1 Å². The van der Waals surface area contributed by atoms with Crippen molar-refractivity contribution in [3.05, 3.63) is 64.7 Å². The highest BCUT2D eigenvalue weighted by Gasteiger charge is 2.29. The highest BCUT2D eigenvalue weighted by molar-refractivity contribution is 6.33. The average molecular weight is 329 g/mol. The van der Waals surface area contributed by atoms with E-state index in [1.54, 1.807) is 0 Å². The van der Waals surface area contributed by atoms with E-state index in [9.17, 15) is 4.79 Å². The summed E-state index contributed by atoms with van der Waals surface area (Å²) in [5.74, 6) is -0.0242. The molecule has 1 N–H and O–H groups in total. The number of hydrogen-bond donors (Lipinski definition) is 1. The van der Waals surface area contributed by atoms with Crippen LogP contribution in [0.4, 0.5) is 5.69 Å². The number of amides is 1. The zero-order valence-electron chi connectivity index (χ0n) is 13.3. The van der Waals surface area contributed by atoms with Gasteiger partial charge >= 0.3 is 0 Å². The molecule has 3 rings (SSSR count). The normalized spacial score (nSPS) is 16.3. The number of hydrogen-bond acceptors (Lipinski definition) is 2. The number of aryl methyl sites for hydroxylation is 1. The van der Waals surface area contributed by atoms with Crippen LogP contribution in [0.1, 0.15) is 30.0 Å². The van der Waals surface area contributed by atoms with Crippen molar-refractivity contribution < 1.29 is 4.79 Å². The lowest BCUT2D eigenvalue weighted by molar-refractivity contribution is -0.121. The molecular formula is C19H21ClN2O. The Kier molecular flexibility index (Phi) is 4.99. The fourth-order valence-electron chi connectivity index (χ4n) is 3.09. The molecule has 2 aromatic carbocycles. The molecule has 1 aliphatic heterocycles. The van der Waals surface area contributed by atoms with Gasteiger partial charge in [-0.25, -0.2) is 0 Å². The van der Waals surface area contributed by atoms with Crippen molar-refractivity contribution in [1.29, 1.82) is 0 Å². The van der Waals surface area contributed by atoms with Gasteiger partial charge in [0.05, 0.1) is 10.7 Å². The Morgan fingerprint density at radius 1 is 1.13 bits per heavy atom. The van der Waals surface area contributed by atoms with E-state index in [1.807, 2.05) is 55.5 Å². The van der Waals surface area contributed by atoms with Crippen molar-refractivity contribution in [2.24, 2.45) is 0 Å². The van der Waals surface area contributed by atoms with E-state index < -0.39 is 0 Å². The summed E-state index contributed by atoms with van der Waals surface area (Å²) in [5, 5.41) is 3.58. The van der Waals surface area contributed by atoms with Crippen LogP contribution in [0.5, 0.6) is 0 Å². The summed E-state index contributed by atoms with van der Waals surface area (Å²) >= 11 is 6.26. The first-order chi connectivity index (χ1) is 11.1. The van der Waals surface area contributed by atoms with E-state index >= 15 is 0 Å². The zero-order chi connectivity index (χ0) is 16.2. The Labute approximate surface area is 142 Å². The molecule has 1 heterocycles. The summed E-state index contributed by atoms with van der Waals surface area (Å²) in [4.78, 5) is 15.2. The molecule has 0 spiro atoms. The molecule has 0 aromatic heterocycles. The summed E-state index contributed by atoms with van der Waals surface area (Å²) in [6, 6.07) is 15.4. The van der Waals surface area contributed by atoms with Gasteiger partial charge in [0.25, 0.3) is 0 Å². The van der Waals surface area contributed by atoms with Gasteiger partial charge in [-0.15, -0.1) is 0 Å². The number of rotatable bonds is 4. The first-order valence-corrected chi connectivity index (χ1v) is 8.39. The minimum atomic E-state index is -0.268. The molecule has 0 aliphatic carbocycles. The molecule has 1 aliphatic rings. The van der Waals surface area contributed by atoms with Gasteiger partial charge in [0.1, 0.15) is 6.04 Å². The van der Waals surface area contributed by atoms with E-state index in [0.717, 1.165) is 37.1 Å². The molecule has 1 amide bonds. The molecule has 4 heteroatoms. The molecule has 120 valence electrons.